The van der Waals surface area contributed by atoms with Crippen LogP contribution in [0.2, 0.25) is 5.02 Å². The quantitative estimate of drug-likeness (QED) is 0.624. The van der Waals surface area contributed by atoms with E-state index in [0.29, 0.717) is 10.6 Å². The number of halogens is 1. The minimum absolute atomic E-state index is 0.423. The minimum Gasteiger partial charge on any atom is -0.467 e. The van der Waals surface area contributed by atoms with Crippen molar-refractivity contribution in [2.75, 3.05) is 27.1 Å². The Balaban J connectivity index is 3.07. The highest BCUT2D eigenvalue weighted by atomic mass is 35.5. The van der Waals surface area contributed by atoms with E-state index in [0.717, 1.165) is 0 Å². The molecule has 0 heterocycles. The summed E-state index contributed by atoms with van der Waals surface area (Å²) in [6.45, 7) is 5.96. The summed E-state index contributed by atoms with van der Waals surface area (Å²) in [6, 6.07) is 7.14. The highest BCUT2D eigenvalue weighted by Gasteiger charge is 2.34. The van der Waals surface area contributed by atoms with Gasteiger partial charge in [0, 0.05) is 10.6 Å². The Morgan fingerprint density at radius 1 is 1.29 bits per heavy atom. The first-order valence-corrected chi connectivity index (χ1v) is 8.60. The molecule has 0 amide bonds. The molecule has 94 valence electrons. The Labute approximate surface area is 107 Å². The fourth-order valence-corrected chi connectivity index (χ4v) is 2.40. The van der Waals surface area contributed by atoms with Crippen molar-refractivity contribution in [3.8, 4) is 0 Å². The second kappa shape index (κ2) is 5.81. The molecular formula is C12H17ClO3P+. The summed E-state index contributed by atoms with van der Waals surface area (Å²) < 4.78 is 10.6. The van der Waals surface area contributed by atoms with Crippen molar-refractivity contribution in [3.63, 3.8) is 0 Å². The Morgan fingerprint density at radius 2 is 1.88 bits per heavy atom. The van der Waals surface area contributed by atoms with E-state index in [4.69, 9.17) is 20.9 Å². The van der Waals surface area contributed by atoms with Gasteiger partial charge in [-0.2, -0.15) is 0 Å². The fourth-order valence-electron chi connectivity index (χ4n) is 1.34. The fraction of sp³-hybridized carbons (Fsp3) is 0.417. The monoisotopic (exact) mass is 275 g/mol. The number of methoxy groups -OCH3 is 1. The van der Waals surface area contributed by atoms with Crippen LogP contribution >= 0.6 is 19.1 Å². The number of carbonyl (C=O) groups is 1. The molecular weight excluding hydrogens is 259 g/mol. The Hall–Kier alpha value is -0.630. The molecule has 5 heteroatoms. The van der Waals surface area contributed by atoms with Crippen molar-refractivity contribution in [2.45, 2.75) is 6.10 Å². The van der Waals surface area contributed by atoms with Gasteiger partial charge in [0.1, 0.15) is 7.49 Å². The van der Waals surface area contributed by atoms with E-state index in [1.54, 1.807) is 12.1 Å². The van der Waals surface area contributed by atoms with Crippen LogP contribution in [0.5, 0.6) is 0 Å². The van der Waals surface area contributed by atoms with E-state index >= 15 is 0 Å². The molecule has 1 rings (SSSR count). The second-order valence-corrected chi connectivity index (χ2v) is 8.82. The standard InChI is InChI=1S/C12H17ClO3P/c1-15-12(14)11(16-17(2,3)4)9-7-5-6-8-10(9)13/h5-8,11H,1-4H3/q+1/t11-/m1/s1. The molecule has 0 fully saturated rings. The maximum absolute atomic E-state index is 11.8. The predicted molar refractivity (Wildman–Crippen MR) is 72.0 cm³/mol. The highest BCUT2D eigenvalue weighted by molar-refractivity contribution is 7.69. The number of carbonyl (C=O) groups excluding carboxylic acids is 1. The van der Waals surface area contributed by atoms with E-state index in [9.17, 15) is 4.79 Å². The smallest absolute Gasteiger partial charge is 0.344 e. The van der Waals surface area contributed by atoms with Gasteiger partial charge < -0.3 is 4.74 Å². The van der Waals surface area contributed by atoms with Crippen LogP contribution in [-0.2, 0) is 14.1 Å². The van der Waals surface area contributed by atoms with Crippen LogP contribution in [-0.4, -0.2) is 33.1 Å². The van der Waals surface area contributed by atoms with Gasteiger partial charge in [0.25, 0.3) is 0 Å². The number of rotatable bonds is 4. The zero-order valence-electron chi connectivity index (χ0n) is 10.4. The average molecular weight is 276 g/mol. The molecule has 17 heavy (non-hydrogen) atoms. The van der Waals surface area contributed by atoms with Crippen molar-refractivity contribution in [1.82, 2.24) is 0 Å². The predicted octanol–water partition coefficient (Wildman–Crippen LogP) is 3.39. The molecule has 1 aromatic carbocycles. The maximum atomic E-state index is 11.8. The lowest BCUT2D eigenvalue weighted by molar-refractivity contribution is -0.149. The lowest BCUT2D eigenvalue weighted by Gasteiger charge is -2.20. The first-order chi connectivity index (χ1) is 7.85. The van der Waals surface area contributed by atoms with Crippen molar-refractivity contribution >= 4 is 25.1 Å². The summed E-state index contributed by atoms with van der Waals surface area (Å²) in [7, 11) is -0.240. The van der Waals surface area contributed by atoms with Crippen LogP contribution in [0.3, 0.4) is 0 Å². The van der Waals surface area contributed by atoms with Gasteiger partial charge in [0.05, 0.1) is 27.1 Å². The molecule has 0 aliphatic rings. The molecule has 0 aliphatic carbocycles. The number of hydrogen-bond donors (Lipinski definition) is 0. The van der Waals surface area contributed by atoms with E-state index in [1.807, 2.05) is 32.1 Å². The molecule has 0 radical (unpaired) electrons. The molecule has 0 spiro atoms. The normalized spacial score (nSPS) is 13.2. The van der Waals surface area contributed by atoms with Gasteiger partial charge in [-0.15, -0.1) is 0 Å². The number of benzene rings is 1. The molecule has 0 saturated heterocycles. The Morgan fingerprint density at radius 3 is 2.35 bits per heavy atom. The van der Waals surface area contributed by atoms with Crippen molar-refractivity contribution in [1.29, 1.82) is 0 Å². The molecule has 0 aliphatic heterocycles. The van der Waals surface area contributed by atoms with Crippen LogP contribution in [0.4, 0.5) is 0 Å². The third kappa shape index (κ3) is 4.27. The van der Waals surface area contributed by atoms with Gasteiger partial charge in [-0.25, -0.2) is 9.32 Å². The number of esters is 1. The van der Waals surface area contributed by atoms with E-state index in [2.05, 4.69) is 0 Å². The molecule has 0 unspecified atom stereocenters. The lowest BCUT2D eigenvalue weighted by Crippen LogP contribution is -2.18. The van der Waals surface area contributed by atoms with Crippen LogP contribution in [0, 0.1) is 0 Å². The summed E-state index contributed by atoms with van der Waals surface area (Å²) >= 11 is 6.07. The van der Waals surface area contributed by atoms with Crippen LogP contribution in [0.1, 0.15) is 11.7 Å². The summed E-state index contributed by atoms with van der Waals surface area (Å²) in [5.41, 5.74) is 0.649. The number of hydrogen-bond acceptors (Lipinski definition) is 3. The maximum Gasteiger partial charge on any atom is 0.344 e. The highest BCUT2D eigenvalue weighted by Crippen LogP contribution is 2.52. The molecule has 3 nitrogen and oxygen atoms in total. The van der Waals surface area contributed by atoms with Gasteiger partial charge in [-0.3, -0.25) is 0 Å². The summed E-state index contributed by atoms with van der Waals surface area (Å²) in [5.74, 6) is -0.423. The summed E-state index contributed by atoms with van der Waals surface area (Å²) in [6.07, 6.45) is -0.748. The largest absolute Gasteiger partial charge is 0.467 e. The molecule has 0 N–H and O–H groups in total. The Bertz CT molecular complexity index is 401. The van der Waals surface area contributed by atoms with E-state index in [1.165, 1.54) is 7.11 Å². The van der Waals surface area contributed by atoms with Crippen molar-refractivity contribution < 1.29 is 14.1 Å². The molecule has 0 saturated carbocycles. The van der Waals surface area contributed by atoms with E-state index < -0.39 is 19.6 Å². The summed E-state index contributed by atoms with van der Waals surface area (Å²) in [5, 5.41) is 0.511. The first kappa shape index (κ1) is 14.4. The van der Waals surface area contributed by atoms with Crippen molar-refractivity contribution in [2.24, 2.45) is 0 Å². The zero-order chi connectivity index (χ0) is 13.1. The van der Waals surface area contributed by atoms with E-state index in [-0.39, 0.29) is 0 Å². The minimum atomic E-state index is -1.58. The lowest BCUT2D eigenvalue weighted by atomic mass is 10.1. The number of ether oxygens (including phenoxy) is 1. The van der Waals surface area contributed by atoms with Gasteiger partial charge in [-0.1, -0.05) is 29.8 Å². The molecule has 1 aromatic rings. The van der Waals surface area contributed by atoms with Crippen LogP contribution in [0.25, 0.3) is 0 Å². The third-order valence-corrected chi connectivity index (χ3v) is 3.21. The zero-order valence-corrected chi connectivity index (χ0v) is 12.1. The average Bonchev–Trinajstić information content (AvgIpc) is 2.25. The van der Waals surface area contributed by atoms with Gasteiger partial charge >= 0.3 is 5.97 Å². The first-order valence-electron chi connectivity index (χ1n) is 5.17. The van der Waals surface area contributed by atoms with Gasteiger partial charge in [0.2, 0.25) is 6.10 Å². The van der Waals surface area contributed by atoms with Crippen LogP contribution < -0.4 is 0 Å². The van der Waals surface area contributed by atoms with Crippen molar-refractivity contribution in [3.05, 3.63) is 34.9 Å². The molecule has 0 bridgehead atoms. The molecule has 1 atom stereocenters. The van der Waals surface area contributed by atoms with Gasteiger partial charge in [0.15, 0.2) is 0 Å². The Kier molecular flexibility index (Phi) is 4.93. The summed E-state index contributed by atoms with van der Waals surface area (Å²) in [4.78, 5) is 11.8. The van der Waals surface area contributed by atoms with Crippen LogP contribution in [0.15, 0.2) is 24.3 Å². The third-order valence-electron chi connectivity index (χ3n) is 2.02. The molecule has 0 aromatic heterocycles. The second-order valence-electron chi connectivity index (χ2n) is 4.42. The topological polar surface area (TPSA) is 35.5 Å². The SMILES string of the molecule is COC(=O)[C@H](O[P+](C)(C)C)c1ccccc1Cl. The van der Waals surface area contributed by atoms with Gasteiger partial charge in [-0.05, 0) is 6.07 Å².